The van der Waals surface area contributed by atoms with Gasteiger partial charge in [-0.1, -0.05) is 35.3 Å². The molecule has 2 aromatic carbocycles. The topological polar surface area (TPSA) is 38.5 Å². The van der Waals surface area contributed by atoms with Crippen molar-refractivity contribution in [2.24, 2.45) is 5.73 Å². The number of nitrogens with zero attached hydrogens (tertiary/aromatic N) is 1. The maximum atomic E-state index is 6.52. The number of halogens is 2. The maximum Gasteiger partial charge on any atom is 0.140 e. The summed E-state index contributed by atoms with van der Waals surface area (Å²) in [5.74, 6) is 0.880. The molecule has 1 aliphatic heterocycles. The Labute approximate surface area is 165 Å². The van der Waals surface area contributed by atoms with E-state index in [4.69, 9.17) is 33.7 Å². The van der Waals surface area contributed by atoms with Crippen molar-refractivity contribution >= 4 is 23.2 Å². The molecule has 0 spiro atoms. The van der Waals surface area contributed by atoms with Gasteiger partial charge in [-0.15, -0.1) is 0 Å². The van der Waals surface area contributed by atoms with E-state index in [0.29, 0.717) is 5.02 Å². The Balaban J connectivity index is 1.70. The average Bonchev–Trinajstić information content (AvgIpc) is 2.94. The molecule has 5 heteroatoms. The van der Waals surface area contributed by atoms with Gasteiger partial charge in [-0.2, -0.15) is 0 Å². The summed E-state index contributed by atoms with van der Waals surface area (Å²) in [4.78, 5) is 2.47. The minimum absolute atomic E-state index is 0.0895. The van der Waals surface area contributed by atoms with E-state index in [0.717, 1.165) is 54.3 Å². The van der Waals surface area contributed by atoms with Gasteiger partial charge in [-0.05, 0) is 68.1 Å². The molecule has 0 bridgehead atoms. The van der Waals surface area contributed by atoms with Crippen molar-refractivity contribution in [3.8, 4) is 5.75 Å². The van der Waals surface area contributed by atoms with E-state index < -0.39 is 0 Å². The Kier molecular flexibility index (Phi) is 5.15. The minimum Gasteiger partial charge on any atom is -0.484 e. The predicted molar refractivity (Wildman–Crippen MR) is 107 cm³/mol. The number of hydrogen-bond acceptors (Lipinski definition) is 3. The molecule has 2 aromatic rings. The van der Waals surface area contributed by atoms with Crippen LogP contribution in [-0.4, -0.2) is 30.1 Å². The molecule has 0 unspecified atom stereocenters. The Bertz CT molecular complexity index is 811. The lowest BCUT2D eigenvalue weighted by molar-refractivity contribution is 0.0593. The Morgan fingerprint density at radius 3 is 2.81 bits per heavy atom. The lowest BCUT2D eigenvalue weighted by Crippen LogP contribution is -2.49. The second kappa shape index (κ2) is 7.40. The van der Waals surface area contributed by atoms with E-state index in [1.165, 1.54) is 5.56 Å². The standard InChI is InChI=1S/C21H24Cl2N2O/c1-13-4-2-6-16(8-13)26-21-18-9-14(22)10-19(23)17(18)11-20(21)25-7-3-5-15(24)12-25/h2,4,6,8-10,15,20-21H,3,5,7,11-12,24H2,1H3/t15-,20+,21+/m1/s1. The van der Waals surface area contributed by atoms with Gasteiger partial charge in [0, 0.05) is 28.2 Å². The fourth-order valence-corrected chi connectivity index (χ4v) is 4.84. The van der Waals surface area contributed by atoms with Crippen molar-refractivity contribution in [2.45, 2.75) is 44.4 Å². The number of hydrogen-bond donors (Lipinski definition) is 1. The summed E-state index contributed by atoms with van der Waals surface area (Å²) >= 11 is 12.8. The van der Waals surface area contributed by atoms with Gasteiger partial charge in [-0.3, -0.25) is 4.90 Å². The zero-order valence-electron chi connectivity index (χ0n) is 14.9. The van der Waals surface area contributed by atoms with E-state index in [1.54, 1.807) is 0 Å². The van der Waals surface area contributed by atoms with Crippen molar-refractivity contribution in [3.63, 3.8) is 0 Å². The van der Waals surface area contributed by atoms with Crippen LogP contribution in [0.3, 0.4) is 0 Å². The summed E-state index contributed by atoms with van der Waals surface area (Å²) in [5.41, 5.74) is 9.68. The van der Waals surface area contributed by atoms with Crippen molar-refractivity contribution in [2.75, 3.05) is 13.1 Å². The molecule has 0 amide bonds. The van der Waals surface area contributed by atoms with E-state index in [2.05, 4.69) is 24.0 Å². The molecule has 1 heterocycles. The van der Waals surface area contributed by atoms with Crippen LogP contribution in [0.4, 0.5) is 0 Å². The molecule has 0 radical (unpaired) electrons. The van der Waals surface area contributed by atoms with Gasteiger partial charge >= 0.3 is 0 Å². The summed E-state index contributed by atoms with van der Waals surface area (Å²) < 4.78 is 6.49. The third-order valence-electron chi connectivity index (χ3n) is 5.47. The number of ether oxygens (including phenoxy) is 1. The van der Waals surface area contributed by atoms with Crippen LogP contribution in [0, 0.1) is 6.92 Å². The number of nitrogens with two attached hydrogens (primary N) is 1. The fourth-order valence-electron chi connectivity index (χ4n) is 4.26. The number of piperidine rings is 1. The highest BCUT2D eigenvalue weighted by Crippen LogP contribution is 2.43. The second-order valence-electron chi connectivity index (χ2n) is 7.48. The predicted octanol–water partition coefficient (Wildman–Crippen LogP) is 4.77. The van der Waals surface area contributed by atoms with Crippen molar-refractivity contribution in [1.82, 2.24) is 4.90 Å². The van der Waals surface area contributed by atoms with Crippen LogP contribution in [0.25, 0.3) is 0 Å². The lowest BCUT2D eigenvalue weighted by Gasteiger charge is -2.38. The van der Waals surface area contributed by atoms with Gasteiger partial charge in [0.05, 0.1) is 6.04 Å². The zero-order valence-corrected chi connectivity index (χ0v) is 16.4. The second-order valence-corrected chi connectivity index (χ2v) is 8.32. The largest absolute Gasteiger partial charge is 0.484 e. The fraction of sp³-hybridized carbons (Fsp3) is 0.429. The van der Waals surface area contributed by atoms with Crippen LogP contribution in [-0.2, 0) is 6.42 Å². The summed E-state index contributed by atoms with van der Waals surface area (Å²) in [6, 6.07) is 12.5. The summed E-state index contributed by atoms with van der Waals surface area (Å²) in [7, 11) is 0. The van der Waals surface area contributed by atoms with Crippen LogP contribution in [0.15, 0.2) is 36.4 Å². The summed E-state index contributed by atoms with van der Waals surface area (Å²) in [6.07, 6.45) is 2.99. The number of aryl methyl sites for hydroxylation is 1. The monoisotopic (exact) mass is 390 g/mol. The van der Waals surface area contributed by atoms with Crippen LogP contribution < -0.4 is 10.5 Å². The van der Waals surface area contributed by atoms with E-state index in [1.807, 2.05) is 24.3 Å². The highest BCUT2D eigenvalue weighted by molar-refractivity contribution is 6.35. The third-order valence-corrected chi connectivity index (χ3v) is 6.03. The summed E-state index contributed by atoms with van der Waals surface area (Å²) in [5, 5.41) is 1.39. The molecular formula is C21H24Cl2N2O. The number of benzene rings is 2. The van der Waals surface area contributed by atoms with E-state index in [-0.39, 0.29) is 18.2 Å². The van der Waals surface area contributed by atoms with Crippen LogP contribution in [0.5, 0.6) is 5.75 Å². The van der Waals surface area contributed by atoms with Crippen LogP contribution in [0.2, 0.25) is 10.0 Å². The lowest BCUT2D eigenvalue weighted by atomic mass is 10.0. The molecule has 2 aliphatic rings. The Morgan fingerprint density at radius 2 is 2.04 bits per heavy atom. The summed E-state index contributed by atoms with van der Waals surface area (Å²) in [6.45, 7) is 4.02. The Morgan fingerprint density at radius 1 is 1.19 bits per heavy atom. The van der Waals surface area contributed by atoms with E-state index in [9.17, 15) is 0 Å². The first kappa shape index (κ1) is 18.1. The quantitative estimate of drug-likeness (QED) is 0.819. The first-order chi connectivity index (χ1) is 12.5. The maximum absolute atomic E-state index is 6.52. The molecule has 1 aliphatic carbocycles. The highest BCUT2D eigenvalue weighted by Gasteiger charge is 2.40. The van der Waals surface area contributed by atoms with Gasteiger partial charge in [0.15, 0.2) is 0 Å². The van der Waals surface area contributed by atoms with Gasteiger partial charge in [0.1, 0.15) is 11.9 Å². The van der Waals surface area contributed by atoms with Gasteiger partial charge < -0.3 is 10.5 Å². The number of rotatable bonds is 3. The molecule has 1 fully saturated rings. The molecule has 2 N–H and O–H groups in total. The molecule has 26 heavy (non-hydrogen) atoms. The molecule has 1 saturated heterocycles. The number of likely N-dealkylation sites (tertiary alicyclic amines) is 1. The zero-order chi connectivity index (χ0) is 18.3. The molecule has 0 saturated carbocycles. The average molecular weight is 391 g/mol. The van der Waals surface area contributed by atoms with Crippen molar-refractivity contribution in [1.29, 1.82) is 0 Å². The molecule has 0 aromatic heterocycles. The Hall–Kier alpha value is -1.26. The highest BCUT2D eigenvalue weighted by atomic mass is 35.5. The molecule has 3 atom stereocenters. The normalized spacial score (nSPS) is 25.9. The molecule has 138 valence electrons. The SMILES string of the molecule is Cc1cccc(O[C@H]2c3cc(Cl)cc(Cl)c3C[C@@H]2N2CCC[C@@H](N)C2)c1. The van der Waals surface area contributed by atoms with Crippen molar-refractivity contribution < 1.29 is 4.74 Å². The first-order valence-corrected chi connectivity index (χ1v) is 9.97. The first-order valence-electron chi connectivity index (χ1n) is 9.22. The van der Waals surface area contributed by atoms with Crippen LogP contribution >= 0.6 is 23.2 Å². The van der Waals surface area contributed by atoms with Gasteiger partial charge in [0.2, 0.25) is 0 Å². The number of fused-ring (bicyclic) bond motifs is 1. The smallest absolute Gasteiger partial charge is 0.140 e. The molecular weight excluding hydrogens is 367 g/mol. The van der Waals surface area contributed by atoms with Crippen molar-refractivity contribution in [3.05, 3.63) is 63.1 Å². The van der Waals surface area contributed by atoms with Crippen LogP contribution in [0.1, 0.15) is 35.6 Å². The van der Waals surface area contributed by atoms with Gasteiger partial charge in [0.25, 0.3) is 0 Å². The minimum atomic E-state index is -0.0895. The van der Waals surface area contributed by atoms with E-state index >= 15 is 0 Å². The molecule has 3 nitrogen and oxygen atoms in total. The molecule has 4 rings (SSSR count). The third kappa shape index (κ3) is 3.59. The van der Waals surface area contributed by atoms with Gasteiger partial charge in [-0.25, -0.2) is 0 Å².